The molecule has 0 aliphatic heterocycles. The Kier molecular flexibility index (Phi) is 2.86. The SMILES string of the molecule is C=CS(=O)(=O)c1c(F)cc(C#N)cc1F. The maximum Gasteiger partial charge on any atom is 0.205 e. The Morgan fingerprint density at radius 2 is 1.80 bits per heavy atom. The third-order valence-electron chi connectivity index (χ3n) is 1.63. The molecule has 0 amide bonds. The molecule has 1 aromatic rings. The van der Waals surface area contributed by atoms with Crippen LogP contribution in [0.4, 0.5) is 8.78 Å². The van der Waals surface area contributed by atoms with E-state index < -0.39 is 26.4 Å². The van der Waals surface area contributed by atoms with E-state index in [1.54, 1.807) is 0 Å². The van der Waals surface area contributed by atoms with Crippen LogP contribution in [0, 0.1) is 23.0 Å². The van der Waals surface area contributed by atoms with Crippen LogP contribution in [0.5, 0.6) is 0 Å². The van der Waals surface area contributed by atoms with E-state index in [9.17, 15) is 17.2 Å². The first-order valence-corrected chi connectivity index (χ1v) is 5.23. The number of nitrogens with zero attached hydrogens (tertiary/aromatic N) is 1. The first-order valence-electron chi connectivity index (χ1n) is 3.69. The number of benzene rings is 1. The van der Waals surface area contributed by atoms with Crippen LogP contribution in [0.3, 0.4) is 0 Å². The summed E-state index contributed by atoms with van der Waals surface area (Å²) in [5.74, 6) is -2.60. The molecule has 0 heterocycles. The minimum atomic E-state index is -4.18. The average molecular weight is 229 g/mol. The Labute approximate surface area is 85.2 Å². The predicted molar refractivity (Wildman–Crippen MR) is 48.5 cm³/mol. The molecule has 0 aliphatic carbocycles. The third kappa shape index (κ3) is 2.02. The summed E-state index contributed by atoms with van der Waals surface area (Å²) in [5, 5.41) is 8.83. The minimum absolute atomic E-state index is 0.284. The largest absolute Gasteiger partial charge is 0.219 e. The van der Waals surface area contributed by atoms with E-state index in [0.717, 1.165) is 0 Å². The van der Waals surface area contributed by atoms with E-state index in [-0.39, 0.29) is 5.56 Å². The van der Waals surface area contributed by atoms with Gasteiger partial charge in [-0.2, -0.15) is 5.26 Å². The quantitative estimate of drug-likeness (QED) is 0.776. The summed E-state index contributed by atoms with van der Waals surface area (Å²) in [6.07, 6.45) is 0. The fourth-order valence-corrected chi connectivity index (χ4v) is 1.81. The van der Waals surface area contributed by atoms with Gasteiger partial charge in [-0.25, -0.2) is 17.2 Å². The molecule has 0 N–H and O–H groups in total. The zero-order valence-corrected chi connectivity index (χ0v) is 8.18. The molecule has 1 rings (SSSR count). The molecule has 0 atom stereocenters. The number of hydrogen-bond donors (Lipinski definition) is 0. The Hall–Kier alpha value is -1.74. The molecule has 0 radical (unpaired) electrons. The van der Waals surface area contributed by atoms with Crippen molar-refractivity contribution in [2.45, 2.75) is 4.90 Å². The highest BCUT2D eigenvalue weighted by atomic mass is 32.2. The van der Waals surface area contributed by atoms with Crippen LogP contribution in [-0.4, -0.2) is 8.42 Å². The van der Waals surface area contributed by atoms with Gasteiger partial charge in [0.05, 0.1) is 11.6 Å². The molecule has 0 saturated heterocycles. The van der Waals surface area contributed by atoms with Gasteiger partial charge in [0.15, 0.2) is 0 Å². The van der Waals surface area contributed by atoms with E-state index in [1.165, 1.54) is 6.07 Å². The molecule has 78 valence electrons. The van der Waals surface area contributed by atoms with Crippen molar-refractivity contribution in [1.82, 2.24) is 0 Å². The normalized spacial score (nSPS) is 10.7. The van der Waals surface area contributed by atoms with Crippen molar-refractivity contribution in [3.05, 3.63) is 41.3 Å². The van der Waals surface area contributed by atoms with Gasteiger partial charge in [-0.15, -0.1) is 0 Å². The smallest absolute Gasteiger partial charge is 0.205 e. The van der Waals surface area contributed by atoms with Gasteiger partial charge in [0.2, 0.25) is 9.84 Å². The van der Waals surface area contributed by atoms with Gasteiger partial charge in [0.25, 0.3) is 0 Å². The molecule has 0 aromatic heterocycles. The number of halogens is 2. The van der Waals surface area contributed by atoms with Crippen LogP contribution in [0.25, 0.3) is 0 Å². The lowest BCUT2D eigenvalue weighted by Crippen LogP contribution is -2.04. The zero-order chi connectivity index (χ0) is 11.6. The van der Waals surface area contributed by atoms with E-state index in [4.69, 9.17) is 5.26 Å². The van der Waals surface area contributed by atoms with Gasteiger partial charge in [0, 0.05) is 5.41 Å². The number of nitriles is 1. The highest BCUT2D eigenvalue weighted by molar-refractivity contribution is 7.94. The van der Waals surface area contributed by atoms with E-state index in [2.05, 4.69) is 6.58 Å². The fraction of sp³-hybridized carbons (Fsp3) is 0. The second-order valence-corrected chi connectivity index (χ2v) is 4.42. The van der Waals surface area contributed by atoms with Gasteiger partial charge >= 0.3 is 0 Å². The van der Waals surface area contributed by atoms with Gasteiger partial charge < -0.3 is 0 Å². The average Bonchev–Trinajstić information content (AvgIpc) is 2.16. The standard InChI is InChI=1S/C9H5F2NO2S/c1-2-15(13,14)9-7(10)3-6(5-12)4-8(9)11/h2-4H,1H2. The molecule has 0 fully saturated rings. The molecule has 0 saturated carbocycles. The molecule has 0 bridgehead atoms. The Bertz CT molecular complexity index is 535. The summed E-state index contributed by atoms with van der Waals surface area (Å²) in [6.45, 7) is 2.95. The van der Waals surface area contributed by atoms with Crippen molar-refractivity contribution in [2.75, 3.05) is 0 Å². The summed E-state index contributed by atoms with van der Waals surface area (Å²) in [5.41, 5.74) is -0.284. The summed E-state index contributed by atoms with van der Waals surface area (Å²) < 4.78 is 48.6. The Morgan fingerprint density at radius 1 is 1.33 bits per heavy atom. The monoisotopic (exact) mass is 229 g/mol. The predicted octanol–water partition coefficient (Wildman–Crippen LogP) is 1.75. The maximum atomic E-state index is 13.2. The second-order valence-electron chi connectivity index (χ2n) is 2.59. The van der Waals surface area contributed by atoms with Gasteiger partial charge in [0.1, 0.15) is 16.5 Å². The van der Waals surface area contributed by atoms with Crippen LogP contribution in [0.2, 0.25) is 0 Å². The van der Waals surface area contributed by atoms with Crippen LogP contribution < -0.4 is 0 Å². The molecule has 0 spiro atoms. The van der Waals surface area contributed by atoms with E-state index >= 15 is 0 Å². The highest BCUT2D eigenvalue weighted by Gasteiger charge is 2.21. The summed E-state index contributed by atoms with van der Waals surface area (Å²) >= 11 is 0. The van der Waals surface area contributed by atoms with Crippen molar-refractivity contribution in [3.8, 4) is 6.07 Å². The van der Waals surface area contributed by atoms with Gasteiger partial charge in [-0.05, 0) is 12.1 Å². The molecule has 0 aliphatic rings. The fourth-order valence-electron chi connectivity index (χ4n) is 0.980. The first-order chi connectivity index (χ1) is 6.92. The molecule has 1 aromatic carbocycles. The van der Waals surface area contributed by atoms with Crippen molar-refractivity contribution in [2.24, 2.45) is 0 Å². The Morgan fingerprint density at radius 3 is 2.13 bits per heavy atom. The van der Waals surface area contributed by atoms with E-state index in [0.29, 0.717) is 17.5 Å². The lowest BCUT2D eigenvalue weighted by Gasteiger charge is -2.02. The lowest BCUT2D eigenvalue weighted by atomic mass is 10.2. The molecule has 6 heteroatoms. The van der Waals surface area contributed by atoms with Crippen molar-refractivity contribution in [1.29, 1.82) is 5.26 Å². The molecule has 3 nitrogen and oxygen atoms in total. The summed E-state index contributed by atoms with van der Waals surface area (Å²) in [7, 11) is -4.18. The number of hydrogen-bond acceptors (Lipinski definition) is 3. The number of sulfone groups is 1. The van der Waals surface area contributed by atoms with Crippen molar-refractivity contribution < 1.29 is 17.2 Å². The highest BCUT2D eigenvalue weighted by Crippen LogP contribution is 2.21. The molecule has 15 heavy (non-hydrogen) atoms. The first kappa shape index (κ1) is 11.3. The topological polar surface area (TPSA) is 57.9 Å². The zero-order valence-electron chi connectivity index (χ0n) is 7.37. The van der Waals surface area contributed by atoms with Crippen molar-refractivity contribution in [3.63, 3.8) is 0 Å². The van der Waals surface area contributed by atoms with Crippen molar-refractivity contribution >= 4 is 9.84 Å². The lowest BCUT2D eigenvalue weighted by molar-refractivity contribution is 0.522. The number of rotatable bonds is 2. The van der Waals surface area contributed by atoms with Gasteiger partial charge in [-0.1, -0.05) is 6.58 Å². The second kappa shape index (κ2) is 3.79. The molecule has 0 unspecified atom stereocenters. The maximum absolute atomic E-state index is 13.2. The van der Waals surface area contributed by atoms with Gasteiger partial charge in [-0.3, -0.25) is 0 Å². The summed E-state index contributed by atoms with van der Waals surface area (Å²) in [6, 6.07) is 2.81. The minimum Gasteiger partial charge on any atom is -0.219 e. The van der Waals surface area contributed by atoms with Crippen LogP contribution in [0.15, 0.2) is 29.0 Å². The Balaban J connectivity index is 3.61. The van der Waals surface area contributed by atoms with Crippen LogP contribution in [0.1, 0.15) is 5.56 Å². The molecular weight excluding hydrogens is 224 g/mol. The molecular formula is C9H5F2NO2S. The van der Waals surface area contributed by atoms with Crippen LogP contribution in [-0.2, 0) is 9.84 Å². The third-order valence-corrected chi connectivity index (χ3v) is 3.03. The van der Waals surface area contributed by atoms with E-state index in [1.807, 2.05) is 0 Å². The summed E-state index contributed by atoms with van der Waals surface area (Å²) in [4.78, 5) is -1.09. The van der Waals surface area contributed by atoms with Crippen LogP contribution >= 0.6 is 0 Å².